The Morgan fingerprint density at radius 3 is 2.55 bits per heavy atom. The van der Waals surface area contributed by atoms with Gasteiger partial charge in [-0.2, -0.15) is 0 Å². The quantitative estimate of drug-likeness (QED) is 0.471. The van der Waals surface area contributed by atoms with Crippen molar-refractivity contribution < 1.29 is 19.1 Å². The summed E-state index contributed by atoms with van der Waals surface area (Å²) >= 11 is 7.21. The molecule has 1 amide bonds. The molecule has 9 heteroatoms. The highest BCUT2D eigenvalue weighted by atomic mass is 35.5. The lowest BCUT2D eigenvalue weighted by molar-refractivity contribution is -0.141. The molecule has 2 heterocycles. The minimum Gasteiger partial charge on any atom is -0.491 e. The van der Waals surface area contributed by atoms with Crippen molar-refractivity contribution in [3.63, 3.8) is 0 Å². The number of ether oxygens (including phenoxy) is 2. The summed E-state index contributed by atoms with van der Waals surface area (Å²) in [6, 6.07) is 14.4. The highest BCUT2D eigenvalue weighted by Gasteiger charge is 2.38. The minimum absolute atomic E-state index is 0.0440. The number of halogens is 1. The van der Waals surface area contributed by atoms with Crippen LogP contribution in [0.2, 0.25) is 5.02 Å². The molecule has 0 radical (unpaired) electrons. The maximum absolute atomic E-state index is 13.4. The fourth-order valence-electron chi connectivity index (χ4n) is 3.88. The predicted molar refractivity (Wildman–Crippen MR) is 128 cm³/mol. The van der Waals surface area contributed by atoms with E-state index in [1.54, 1.807) is 24.3 Å². The molecule has 1 aliphatic heterocycles. The number of anilines is 2. The molecule has 7 nitrogen and oxygen atoms in total. The summed E-state index contributed by atoms with van der Waals surface area (Å²) in [6.07, 6.45) is 0.213. The number of hydrogen-bond acceptors (Lipinski definition) is 6. The van der Waals surface area contributed by atoms with Gasteiger partial charge in [-0.15, -0.1) is 0 Å². The molecular weight excluding hydrogens is 464 g/mol. The monoisotopic (exact) mass is 486 g/mol. The van der Waals surface area contributed by atoms with Crippen molar-refractivity contribution >= 4 is 46.3 Å². The summed E-state index contributed by atoms with van der Waals surface area (Å²) in [5, 5.41) is 0.460. The zero-order valence-electron chi connectivity index (χ0n) is 18.4. The fraction of sp³-hybridized carbons (Fsp3) is 0.292. The Labute approximate surface area is 200 Å². The topological polar surface area (TPSA) is 77.8 Å². The largest absolute Gasteiger partial charge is 0.491 e. The van der Waals surface area contributed by atoms with E-state index in [1.807, 2.05) is 38.1 Å². The molecule has 1 atom stereocenters. The first kappa shape index (κ1) is 23.1. The summed E-state index contributed by atoms with van der Waals surface area (Å²) in [7, 11) is 1.26. The van der Waals surface area contributed by atoms with Gasteiger partial charge in [0.15, 0.2) is 0 Å². The maximum Gasteiger partial charge on any atom is 0.325 e. The summed E-state index contributed by atoms with van der Waals surface area (Å²) in [5.41, 5.74) is 1.42. The van der Waals surface area contributed by atoms with E-state index in [9.17, 15) is 14.4 Å². The highest BCUT2D eigenvalue weighted by molar-refractivity contribution is 7.10. The Hall–Kier alpha value is -3.10. The van der Waals surface area contributed by atoms with Crippen LogP contribution in [0.3, 0.4) is 0 Å². The lowest BCUT2D eigenvalue weighted by Gasteiger charge is -2.32. The van der Waals surface area contributed by atoms with E-state index >= 15 is 0 Å². The van der Waals surface area contributed by atoms with Crippen LogP contribution in [0, 0.1) is 0 Å². The first-order chi connectivity index (χ1) is 15.8. The molecule has 0 saturated heterocycles. The number of amides is 1. The van der Waals surface area contributed by atoms with Crippen LogP contribution in [0.5, 0.6) is 5.75 Å². The van der Waals surface area contributed by atoms with E-state index in [1.165, 1.54) is 16.6 Å². The van der Waals surface area contributed by atoms with E-state index in [-0.39, 0.29) is 35.8 Å². The van der Waals surface area contributed by atoms with Crippen LogP contribution in [0.4, 0.5) is 11.5 Å². The average Bonchev–Trinajstić information content (AvgIpc) is 3.09. The third-order valence-electron chi connectivity index (χ3n) is 5.29. The van der Waals surface area contributed by atoms with Gasteiger partial charge in [-0.25, -0.2) is 0 Å². The number of aromatic nitrogens is 1. The highest BCUT2D eigenvalue weighted by Crippen LogP contribution is 2.45. The second kappa shape index (κ2) is 9.41. The van der Waals surface area contributed by atoms with E-state index < -0.39 is 5.97 Å². The number of benzene rings is 2. The van der Waals surface area contributed by atoms with Gasteiger partial charge in [-0.05, 0) is 49.7 Å². The van der Waals surface area contributed by atoms with Crippen LogP contribution in [-0.4, -0.2) is 29.7 Å². The number of methoxy groups -OCH3 is 1. The second-order valence-electron chi connectivity index (χ2n) is 7.92. The third-order valence-corrected chi connectivity index (χ3v) is 6.60. The van der Waals surface area contributed by atoms with Gasteiger partial charge < -0.3 is 9.47 Å². The van der Waals surface area contributed by atoms with Crippen molar-refractivity contribution in [2.45, 2.75) is 38.8 Å². The van der Waals surface area contributed by atoms with E-state index in [0.717, 1.165) is 22.6 Å². The van der Waals surface area contributed by atoms with Gasteiger partial charge in [0.25, 0.3) is 0 Å². The van der Waals surface area contributed by atoms with Crippen molar-refractivity contribution in [1.29, 1.82) is 0 Å². The van der Waals surface area contributed by atoms with E-state index in [2.05, 4.69) is 0 Å². The van der Waals surface area contributed by atoms with Crippen LogP contribution in [0.1, 0.15) is 36.6 Å². The molecule has 172 valence electrons. The van der Waals surface area contributed by atoms with Gasteiger partial charge >= 0.3 is 10.8 Å². The molecule has 2 aromatic carbocycles. The zero-order valence-corrected chi connectivity index (χ0v) is 20.0. The number of nitrogens with zero attached hydrogens (tertiary/aromatic N) is 2. The Morgan fingerprint density at radius 1 is 1.18 bits per heavy atom. The molecule has 4 rings (SSSR count). The number of fused-ring (bicyclic) bond motifs is 1. The smallest absolute Gasteiger partial charge is 0.325 e. The SMILES string of the molecule is COC(=O)Cn1c2c(sc1=O)C(c1ccc(OC(C)C)cc1)CC(=O)N2c1cccc(Cl)c1. The number of thiazole rings is 1. The number of carbonyl (C=O) groups excluding carboxylic acids is 2. The van der Waals surface area contributed by atoms with Crippen molar-refractivity contribution in [3.8, 4) is 5.75 Å². The molecule has 33 heavy (non-hydrogen) atoms. The van der Waals surface area contributed by atoms with Gasteiger partial charge in [-0.1, -0.05) is 41.1 Å². The molecule has 0 saturated carbocycles. The normalized spacial score (nSPS) is 15.5. The second-order valence-corrected chi connectivity index (χ2v) is 9.35. The lowest BCUT2D eigenvalue weighted by atomic mass is 9.90. The van der Waals surface area contributed by atoms with E-state index in [4.69, 9.17) is 21.1 Å². The lowest BCUT2D eigenvalue weighted by Crippen LogP contribution is -2.36. The number of hydrogen-bond donors (Lipinski definition) is 0. The molecule has 1 aromatic heterocycles. The molecule has 0 bridgehead atoms. The predicted octanol–water partition coefficient (Wildman–Crippen LogP) is 4.72. The number of esters is 1. The van der Waals surface area contributed by atoms with Crippen molar-refractivity contribution in [2.75, 3.05) is 12.0 Å². The van der Waals surface area contributed by atoms with Gasteiger partial charge in [0.05, 0.1) is 23.8 Å². The van der Waals surface area contributed by atoms with Crippen molar-refractivity contribution in [2.24, 2.45) is 0 Å². The Bertz CT molecular complexity index is 1250. The fourth-order valence-corrected chi connectivity index (χ4v) is 5.17. The summed E-state index contributed by atoms with van der Waals surface area (Å²) < 4.78 is 11.8. The van der Waals surface area contributed by atoms with Gasteiger partial charge in [0.2, 0.25) is 5.91 Å². The van der Waals surface area contributed by atoms with Crippen LogP contribution >= 0.6 is 22.9 Å². The molecule has 0 fully saturated rings. The van der Waals surface area contributed by atoms with Crippen LogP contribution in [0.25, 0.3) is 0 Å². The Kier molecular flexibility index (Phi) is 6.58. The summed E-state index contributed by atoms with van der Waals surface area (Å²) in [6.45, 7) is 3.61. The number of carbonyl (C=O) groups is 2. The minimum atomic E-state index is -0.575. The molecule has 3 aromatic rings. The third kappa shape index (κ3) is 4.67. The summed E-state index contributed by atoms with van der Waals surface area (Å²) in [5.74, 6) is 0.00404. The molecular formula is C24H23ClN2O5S. The van der Waals surface area contributed by atoms with Crippen LogP contribution < -0.4 is 14.5 Å². The first-order valence-corrected chi connectivity index (χ1v) is 11.6. The Morgan fingerprint density at radius 2 is 1.91 bits per heavy atom. The standard InChI is InChI=1S/C24H23ClN2O5S/c1-14(2)32-18-9-7-15(8-10-18)19-12-20(28)27(17-6-4-5-16(25)11-17)23-22(19)33-24(30)26(23)13-21(29)31-3/h4-11,14,19H,12-13H2,1-3H3. The maximum atomic E-state index is 13.4. The zero-order chi connectivity index (χ0) is 23.7. The molecule has 0 N–H and O–H groups in total. The molecule has 1 unspecified atom stereocenters. The van der Waals surface area contributed by atoms with Crippen LogP contribution in [0.15, 0.2) is 53.3 Å². The van der Waals surface area contributed by atoms with Gasteiger partial charge in [-0.3, -0.25) is 23.9 Å². The van der Waals surface area contributed by atoms with Crippen molar-refractivity contribution in [3.05, 3.63) is 73.7 Å². The Balaban J connectivity index is 1.84. The van der Waals surface area contributed by atoms with Gasteiger partial charge in [0.1, 0.15) is 18.1 Å². The van der Waals surface area contributed by atoms with Gasteiger partial charge in [0, 0.05) is 17.4 Å². The molecule has 0 spiro atoms. The van der Waals surface area contributed by atoms with E-state index in [0.29, 0.717) is 21.4 Å². The first-order valence-electron chi connectivity index (χ1n) is 10.4. The molecule has 1 aliphatic rings. The summed E-state index contributed by atoms with van der Waals surface area (Å²) in [4.78, 5) is 40.3. The molecule has 0 aliphatic carbocycles. The van der Waals surface area contributed by atoms with Crippen molar-refractivity contribution in [1.82, 2.24) is 4.57 Å². The average molecular weight is 487 g/mol. The number of rotatable bonds is 6. The van der Waals surface area contributed by atoms with Crippen LogP contribution in [-0.2, 0) is 20.9 Å².